The van der Waals surface area contributed by atoms with Crippen molar-refractivity contribution >= 4 is 35.6 Å². The van der Waals surface area contributed by atoms with E-state index in [2.05, 4.69) is 5.32 Å². The van der Waals surface area contributed by atoms with Gasteiger partial charge in [0.25, 0.3) is 5.91 Å². The number of carbonyl (C=O) groups excluding carboxylic acids is 3. The maximum atomic E-state index is 12.3. The molecule has 0 saturated carbocycles. The lowest BCUT2D eigenvalue weighted by Crippen LogP contribution is -2.31. The zero-order chi connectivity index (χ0) is 20.7. The third-order valence-electron chi connectivity index (χ3n) is 3.69. The number of ether oxygens (including phenoxy) is 3. The van der Waals surface area contributed by atoms with Crippen molar-refractivity contribution in [2.75, 3.05) is 26.4 Å². The monoisotopic (exact) mass is 410 g/mol. The number of benzene rings is 1. The maximum Gasteiger partial charge on any atom is 0.344 e. The standard InChI is InChI=1S/C19H23ClN2O6/c1-4-7-22-18(24)14(21-19(22)25)9-12-8-13(20)17(15(10-12)26-5-2)28-11-16(23)27-6-3/h8-10H,4-7,11H2,1-3H3,(H,21,25)/b14-9+. The Hall–Kier alpha value is -2.74. The molecule has 1 aliphatic rings. The number of halogens is 1. The summed E-state index contributed by atoms with van der Waals surface area (Å²) < 4.78 is 15.8. The number of esters is 1. The Morgan fingerprint density at radius 1 is 1.18 bits per heavy atom. The number of imide groups is 1. The van der Waals surface area contributed by atoms with E-state index >= 15 is 0 Å². The van der Waals surface area contributed by atoms with Crippen LogP contribution in [0.2, 0.25) is 5.02 Å². The average Bonchev–Trinajstić information content (AvgIpc) is 2.89. The summed E-state index contributed by atoms with van der Waals surface area (Å²) in [4.78, 5) is 36.9. The highest BCUT2D eigenvalue weighted by Crippen LogP contribution is 2.37. The van der Waals surface area contributed by atoms with Gasteiger partial charge >= 0.3 is 12.0 Å². The summed E-state index contributed by atoms with van der Waals surface area (Å²) >= 11 is 6.29. The molecular formula is C19H23ClN2O6. The molecular weight excluding hydrogens is 388 g/mol. The van der Waals surface area contributed by atoms with Gasteiger partial charge in [-0.3, -0.25) is 9.69 Å². The molecule has 0 unspecified atom stereocenters. The Morgan fingerprint density at radius 3 is 2.57 bits per heavy atom. The zero-order valence-electron chi connectivity index (χ0n) is 16.0. The highest BCUT2D eigenvalue weighted by atomic mass is 35.5. The molecule has 0 aromatic heterocycles. The van der Waals surface area contributed by atoms with Crippen LogP contribution >= 0.6 is 11.6 Å². The summed E-state index contributed by atoms with van der Waals surface area (Å²) in [6.07, 6.45) is 2.18. The molecule has 0 aliphatic carbocycles. The normalized spacial score (nSPS) is 15.0. The fraction of sp³-hybridized carbons (Fsp3) is 0.421. The van der Waals surface area contributed by atoms with Gasteiger partial charge in [-0.05, 0) is 44.0 Å². The van der Waals surface area contributed by atoms with Crippen LogP contribution in [-0.4, -0.2) is 49.2 Å². The molecule has 1 aliphatic heterocycles. The Morgan fingerprint density at radius 2 is 1.93 bits per heavy atom. The van der Waals surface area contributed by atoms with Gasteiger partial charge in [0.05, 0.1) is 18.2 Å². The second-order valence-electron chi connectivity index (χ2n) is 5.80. The minimum Gasteiger partial charge on any atom is -0.490 e. The van der Waals surface area contributed by atoms with Crippen molar-refractivity contribution in [2.45, 2.75) is 27.2 Å². The lowest BCUT2D eigenvalue weighted by Gasteiger charge is -2.14. The molecule has 1 N–H and O–H groups in total. The van der Waals surface area contributed by atoms with E-state index in [-0.39, 0.29) is 29.7 Å². The van der Waals surface area contributed by atoms with E-state index in [0.717, 1.165) is 4.90 Å². The summed E-state index contributed by atoms with van der Waals surface area (Å²) in [6.45, 7) is 5.98. The first-order valence-corrected chi connectivity index (χ1v) is 9.38. The van der Waals surface area contributed by atoms with Crippen LogP contribution in [0, 0.1) is 0 Å². The van der Waals surface area contributed by atoms with E-state index in [0.29, 0.717) is 30.9 Å². The predicted molar refractivity (Wildman–Crippen MR) is 103 cm³/mol. The van der Waals surface area contributed by atoms with E-state index in [1.165, 1.54) is 6.08 Å². The highest BCUT2D eigenvalue weighted by molar-refractivity contribution is 6.32. The SMILES string of the molecule is CCCN1C(=O)N/C(=C/c2cc(Cl)c(OCC(=O)OCC)c(OCC)c2)C1=O. The molecule has 0 radical (unpaired) electrons. The molecule has 2 rings (SSSR count). The number of hydrogen-bond donors (Lipinski definition) is 1. The Labute approximate surface area is 168 Å². The summed E-state index contributed by atoms with van der Waals surface area (Å²) in [5.74, 6) is -0.410. The van der Waals surface area contributed by atoms with Crippen molar-refractivity contribution in [1.29, 1.82) is 0 Å². The largest absolute Gasteiger partial charge is 0.490 e. The van der Waals surface area contributed by atoms with Crippen LogP contribution in [-0.2, 0) is 14.3 Å². The summed E-state index contributed by atoms with van der Waals surface area (Å²) in [7, 11) is 0. The number of urea groups is 1. The van der Waals surface area contributed by atoms with Gasteiger partial charge in [0, 0.05) is 6.54 Å². The molecule has 1 aromatic rings. The van der Waals surface area contributed by atoms with E-state index in [1.807, 2.05) is 6.92 Å². The van der Waals surface area contributed by atoms with Crippen LogP contribution in [0.5, 0.6) is 11.5 Å². The van der Waals surface area contributed by atoms with Gasteiger partial charge < -0.3 is 19.5 Å². The molecule has 1 fully saturated rings. The molecule has 1 saturated heterocycles. The van der Waals surface area contributed by atoms with E-state index < -0.39 is 17.9 Å². The van der Waals surface area contributed by atoms with Crippen molar-refractivity contribution in [1.82, 2.24) is 10.2 Å². The van der Waals surface area contributed by atoms with Crippen LogP contribution < -0.4 is 14.8 Å². The van der Waals surface area contributed by atoms with Crippen molar-refractivity contribution in [2.24, 2.45) is 0 Å². The van der Waals surface area contributed by atoms with Crippen molar-refractivity contribution in [3.05, 3.63) is 28.4 Å². The minimum atomic E-state index is -0.525. The van der Waals surface area contributed by atoms with Crippen LogP contribution in [0.25, 0.3) is 6.08 Å². The first-order chi connectivity index (χ1) is 13.4. The first kappa shape index (κ1) is 21.6. The second kappa shape index (κ2) is 9.98. The smallest absolute Gasteiger partial charge is 0.344 e. The lowest BCUT2D eigenvalue weighted by molar-refractivity contribution is -0.145. The van der Waals surface area contributed by atoms with Gasteiger partial charge in [-0.25, -0.2) is 9.59 Å². The molecule has 9 heteroatoms. The number of nitrogens with zero attached hydrogens (tertiary/aromatic N) is 1. The number of hydrogen-bond acceptors (Lipinski definition) is 6. The second-order valence-corrected chi connectivity index (χ2v) is 6.21. The van der Waals surface area contributed by atoms with Crippen LogP contribution in [0.15, 0.2) is 17.8 Å². The molecule has 1 aromatic carbocycles. The molecule has 28 heavy (non-hydrogen) atoms. The number of carbonyl (C=O) groups is 3. The molecule has 0 spiro atoms. The molecule has 152 valence electrons. The average molecular weight is 411 g/mol. The van der Waals surface area contributed by atoms with E-state index in [4.69, 9.17) is 25.8 Å². The summed E-state index contributed by atoms with van der Waals surface area (Å²) in [5.41, 5.74) is 0.691. The van der Waals surface area contributed by atoms with Gasteiger partial charge in [-0.1, -0.05) is 18.5 Å². The van der Waals surface area contributed by atoms with Gasteiger partial charge in [0.1, 0.15) is 5.70 Å². The number of rotatable bonds is 9. The number of amides is 3. The van der Waals surface area contributed by atoms with Gasteiger partial charge in [-0.15, -0.1) is 0 Å². The van der Waals surface area contributed by atoms with E-state index in [9.17, 15) is 14.4 Å². The molecule has 0 atom stereocenters. The third kappa shape index (κ3) is 5.16. The minimum absolute atomic E-state index is 0.150. The van der Waals surface area contributed by atoms with Crippen LogP contribution in [0.4, 0.5) is 4.79 Å². The molecule has 8 nitrogen and oxygen atoms in total. The van der Waals surface area contributed by atoms with Crippen molar-refractivity contribution in [3.63, 3.8) is 0 Å². The fourth-order valence-electron chi connectivity index (χ4n) is 2.57. The third-order valence-corrected chi connectivity index (χ3v) is 3.97. The Bertz CT molecular complexity index is 793. The molecule has 1 heterocycles. The first-order valence-electron chi connectivity index (χ1n) is 9.00. The zero-order valence-corrected chi connectivity index (χ0v) is 16.8. The maximum absolute atomic E-state index is 12.3. The quantitative estimate of drug-likeness (QED) is 0.382. The number of nitrogens with one attached hydrogen (secondary N) is 1. The predicted octanol–water partition coefficient (Wildman–Crippen LogP) is 2.98. The van der Waals surface area contributed by atoms with Gasteiger partial charge in [0.15, 0.2) is 18.1 Å². The van der Waals surface area contributed by atoms with Crippen molar-refractivity contribution < 1.29 is 28.6 Å². The molecule has 3 amide bonds. The topological polar surface area (TPSA) is 94.2 Å². The Balaban J connectivity index is 2.28. The fourth-order valence-corrected chi connectivity index (χ4v) is 2.85. The van der Waals surface area contributed by atoms with Crippen LogP contribution in [0.1, 0.15) is 32.8 Å². The molecule has 0 bridgehead atoms. The summed E-state index contributed by atoms with van der Waals surface area (Å²) in [6, 6.07) is 2.72. The summed E-state index contributed by atoms with van der Waals surface area (Å²) in [5, 5.41) is 2.75. The Kier molecular flexibility index (Phi) is 7.69. The van der Waals surface area contributed by atoms with E-state index in [1.54, 1.807) is 26.0 Å². The van der Waals surface area contributed by atoms with Crippen molar-refractivity contribution in [3.8, 4) is 11.5 Å². The van der Waals surface area contributed by atoms with Gasteiger partial charge in [-0.2, -0.15) is 0 Å². The van der Waals surface area contributed by atoms with Crippen LogP contribution in [0.3, 0.4) is 0 Å². The van der Waals surface area contributed by atoms with Gasteiger partial charge in [0.2, 0.25) is 0 Å². The highest BCUT2D eigenvalue weighted by Gasteiger charge is 2.32. The lowest BCUT2D eigenvalue weighted by atomic mass is 10.1.